The van der Waals surface area contributed by atoms with Gasteiger partial charge in [-0.1, -0.05) is 11.6 Å². The molecule has 2 atom stereocenters. The number of carboxylic acids is 1. The fourth-order valence-corrected chi connectivity index (χ4v) is 4.68. The number of hydrogen-bond donors (Lipinski definition) is 5. The van der Waals surface area contributed by atoms with Crippen LogP contribution in [0.15, 0.2) is 28.9 Å². The molecule has 3 aliphatic heterocycles. The van der Waals surface area contributed by atoms with Gasteiger partial charge in [-0.15, -0.1) is 11.8 Å². The van der Waals surface area contributed by atoms with Gasteiger partial charge in [-0.25, -0.2) is 4.79 Å². The van der Waals surface area contributed by atoms with Gasteiger partial charge >= 0.3 is 17.8 Å². The second-order valence-electron chi connectivity index (χ2n) is 6.16. The number of nitrogens with one attached hydrogen (secondary N) is 4. The van der Waals surface area contributed by atoms with E-state index in [0.29, 0.717) is 12.4 Å². The molecule has 12 heteroatoms. The van der Waals surface area contributed by atoms with Crippen LogP contribution in [0, 0.1) is 0 Å². The number of carboxylic acid groups (broad SMARTS) is 1. The lowest BCUT2D eigenvalue weighted by Crippen LogP contribution is -2.71. The summed E-state index contributed by atoms with van der Waals surface area (Å²) in [7, 11) is 0. The van der Waals surface area contributed by atoms with Crippen LogP contribution in [0.5, 0.6) is 0 Å². The molecule has 28 heavy (non-hydrogen) atoms. The highest BCUT2D eigenvalue weighted by Crippen LogP contribution is 2.41. The van der Waals surface area contributed by atoms with Gasteiger partial charge in [0.05, 0.1) is 23.1 Å². The summed E-state index contributed by atoms with van der Waals surface area (Å²) in [5.41, 5.74) is 1.82. The summed E-state index contributed by atoms with van der Waals surface area (Å²) >= 11 is 7.11. The van der Waals surface area contributed by atoms with Gasteiger partial charge in [0, 0.05) is 11.4 Å². The zero-order valence-corrected chi connectivity index (χ0v) is 15.7. The van der Waals surface area contributed by atoms with Gasteiger partial charge in [0.1, 0.15) is 17.1 Å². The van der Waals surface area contributed by atoms with Crippen molar-refractivity contribution in [2.75, 3.05) is 28.4 Å². The third kappa shape index (κ3) is 3.02. The minimum Gasteiger partial charge on any atom is -0.477 e. The highest BCUT2D eigenvalue weighted by Gasteiger charge is 2.54. The number of anilines is 3. The van der Waals surface area contributed by atoms with E-state index in [-0.39, 0.29) is 16.5 Å². The van der Waals surface area contributed by atoms with Crippen LogP contribution >= 0.6 is 23.4 Å². The lowest BCUT2D eigenvalue weighted by Gasteiger charge is -2.48. The lowest BCUT2D eigenvalue weighted by atomic mass is 10.1. The molecule has 0 aliphatic carbocycles. The molecule has 1 unspecified atom stereocenters. The highest BCUT2D eigenvalue weighted by molar-refractivity contribution is 8.00. The maximum absolute atomic E-state index is 12.3. The fourth-order valence-electron chi connectivity index (χ4n) is 3.13. The zero-order chi connectivity index (χ0) is 20.0. The third-order valence-electron chi connectivity index (χ3n) is 4.45. The summed E-state index contributed by atoms with van der Waals surface area (Å²) in [6, 6.07) is 4.09. The molecule has 10 nitrogen and oxygen atoms in total. The largest absolute Gasteiger partial charge is 0.477 e. The number of hydrogen-bond acceptors (Lipinski definition) is 7. The maximum Gasteiger partial charge on any atom is 0.353 e. The Morgan fingerprint density at radius 3 is 2.71 bits per heavy atom. The molecule has 0 bridgehead atoms. The normalized spacial score (nSPS) is 22.3. The Morgan fingerprint density at radius 1 is 1.21 bits per heavy atom. The van der Waals surface area contributed by atoms with Gasteiger partial charge in [-0.2, -0.15) is 0 Å². The number of carbonyl (C=O) groups is 4. The second kappa shape index (κ2) is 6.91. The van der Waals surface area contributed by atoms with Crippen LogP contribution in [0.4, 0.5) is 17.1 Å². The molecule has 1 aromatic carbocycles. The summed E-state index contributed by atoms with van der Waals surface area (Å²) in [4.78, 5) is 49.0. The van der Waals surface area contributed by atoms with Crippen molar-refractivity contribution in [3.63, 3.8) is 0 Å². The van der Waals surface area contributed by atoms with Gasteiger partial charge in [-0.3, -0.25) is 19.3 Å². The van der Waals surface area contributed by atoms with Gasteiger partial charge in [0.25, 0.3) is 5.91 Å². The van der Waals surface area contributed by atoms with E-state index in [0.717, 1.165) is 16.3 Å². The topological polar surface area (TPSA) is 140 Å². The van der Waals surface area contributed by atoms with Gasteiger partial charge in [-0.05, 0) is 18.2 Å². The van der Waals surface area contributed by atoms with Crippen molar-refractivity contribution in [1.29, 1.82) is 0 Å². The summed E-state index contributed by atoms with van der Waals surface area (Å²) in [5.74, 6) is -3.65. The number of thioether (sulfide) groups is 1. The second-order valence-corrected chi connectivity index (χ2v) is 7.73. The number of rotatable bonds is 3. The minimum atomic E-state index is -1.31. The first kappa shape index (κ1) is 18.4. The number of β-lactam (4-membered cyclic amide) rings is 1. The van der Waals surface area contributed by atoms with Crippen LogP contribution in [0.1, 0.15) is 0 Å². The Hall–Kier alpha value is -2.92. The summed E-state index contributed by atoms with van der Waals surface area (Å²) in [6.45, 7) is 0.573. The number of nitrogens with zero attached hydrogens (tertiary/aromatic N) is 1. The monoisotopic (exact) mass is 423 g/mol. The first-order chi connectivity index (χ1) is 13.4. The van der Waals surface area contributed by atoms with E-state index in [1.807, 2.05) is 0 Å². The average Bonchev–Trinajstić information content (AvgIpc) is 3.13. The van der Waals surface area contributed by atoms with E-state index in [9.17, 15) is 24.3 Å². The number of amides is 3. The molecule has 0 radical (unpaired) electrons. The van der Waals surface area contributed by atoms with Crippen molar-refractivity contribution >= 4 is 64.1 Å². The molecule has 1 saturated heterocycles. The smallest absolute Gasteiger partial charge is 0.353 e. The Kier molecular flexibility index (Phi) is 4.55. The van der Waals surface area contributed by atoms with Crippen molar-refractivity contribution < 1.29 is 24.3 Å². The zero-order valence-electron chi connectivity index (χ0n) is 14.1. The molecule has 0 spiro atoms. The van der Waals surface area contributed by atoms with Crippen LogP contribution in [-0.2, 0) is 19.2 Å². The Labute approximate surface area is 167 Å². The Bertz CT molecular complexity index is 951. The highest BCUT2D eigenvalue weighted by atomic mass is 35.5. The van der Waals surface area contributed by atoms with Crippen molar-refractivity contribution in [2.24, 2.45) is 0 Å². The van der Waals surface area contributed by atoms with Gasteiger partial charge in [0.2, 0.25) is 0 Å². The molecule has 1 aromatic rings. The van der Waals surface area contributed by atoms with Crippen molar-refractivity contribution in [2.45, 2.75) is 11.4 Å². The molecule has 4 rings (SSSR count). The predicted octanol–water partition coefficient (Wildman–Crippen LogP) is 0.355. The molecule has 5 N–H and O–H groups in total. The first-order valence-electron chi connectivity index (χ1n) is 8.17. The molecule has 3 amide bonds. The Morgan fingerprint density at radius 2 is 1.96 bits per heavy atom. The van der Waals surface area contributed by atoms with E-state index < -0.39 is 35.1 Å². The number of benzene rings is 1. The molecular weight excluding hydrogens is 410 g/mol. The summed E-state index contributed by atoms with van der Waals surface area (Å²) < 4.78 is 0. The molecule has 0 saturated carbocycles. The van der Waals surface area contributed by atoms with E-state index in [1.54, 1.807) is 18.2 Å². The molecule has 1 fully saturated rings. The van der Waals surface area contributed by atoms with Crippen LogP contribution < -0.4 is 21.3 Å². The van der Waals surface area contributed by atoms with Crippen LogP contribution in [0.3, 0.4) is 0 Å². The molecule has 146 valence electrons. The molecule has 3 heterocycles. The van der Waals surface area contributed by atoms with Gasteiger partial charge in [0.15, 0.2) is 0 Å². The standard InChI is InChI=1S/C16H14ClN5O5S/c17-7-4-28-15-10(14(25)22(15)11(7)16(26)27)21-13(24)12(23)20-6-1-2-8-9(3-6)19-5-18-8/h1-3,10,15,18-19H,4-5H2,(H,20,23)(H,21,24)(H,26,27)/t10?,15-/m0/s1. The first-order valence-corrected chi connectivity index (χ1v) is 9.59. The van der Waals surface area contributed by atoms with Crippen LogP contribution in [0.25, 0.3) is 0 Å². The predicted molar refractivity (Wildman–Crippen MR) is 103 cm³/mol. The van der Waals surface area contributed by atoms with Gasteiger partial charge < -0.3 is 26.4 Å². The molecule has 0 aromatic heterocycles. The van der Waals surface area contributed by atoms with Crippen molar-refractivity contribution in [3.8, 4) is 0 Å². The molecular formula is C16H14ClN5O5S. The summed E-state index contributed by atoms with van der Waals surface area (Å²) in [6.07, 6.45) is 0. The number of halogens is 1. The number of fused-ring (bicyclic) bond motifs is 2. The molecule has 3 aliphatic rings. The van der Waals surface area contributed by atoms with Crippen LogP contribution in [0.2, 0.25) is 0 Å². The minimum absolute atomic E-state index is 0.0596. The maximum atomic E-state index is 12.3. The average molecular weight is 424 g/mol. The van der Waals surface area contributed by atoms with E-state index in [4.69, 9.17) is 11.6 Å². The fraction of sp³-hybridized carbons (Fsp3) is 0.250. The summed E-state index contributed by atoms with van der Waals surface area (Å²) in [5, 5.41) is 19.7. The van der Waals surface area contributed by atoms with E-state index >= 15 is 0 Å². The quantitative estimate of drug-likeness (QED) is 0.346. The third-order valence-corrected chi connectivity index (χ3v) is 6.20. The number of carbonyl (C=O) groups excluding carboxylic acids is 3. The SMILES string of the molecule is O=C(O)C1=C(Cl)CS[C@H]2C(NC(=O)C(=O)Nc3ccc4c(c3)NCN4)C(=O)N12. The van der Waals surface area contributed by atoms with Crippen molar-refractivity contribution in [3.05, 3.63) is 28.9 Å². The lowest BCUT2D eigenvalue weighted by molar-refractivity contribution is -0.151. The van der Waals surface area contributed by atoms with E-state index in [2.05, 4.69) is 21.3 Å². The number of aliphatic carboxylic acids is 1. The van der Waals surface area contributed by atoms with Crippen molar-refractivity contribution in [1.82, 2.24) is 10.2 Å². The van der Waals surface area contributed by atoms with Crippen LogP contribution in [-0.4, -0.2) is 57.5 Å². The van der Waals surface area contributed by atoms with E-state index in [1.165, 1.54) is 11.8 Å². The Balaban J connectivity index is 1.40.